The number of sulfone groups is 2. The molecule has 6 aliphatic carbocycles. The molecule has 2 aromatic carbocycles. The van der Waals surface area contributed by atoms with Crippen molar-refractivity contribution >= 4 is 25.5 Å². The number of Topliss-reactive ketones (excluding diaryl/α,β-unsaturated/α-hetero) is 1. The minimum atomic E-state index is -3.93. The van der Waals surface area contributed by atoms with Crippen molar-refractivity contribution in [2.24, 2.45) is 59.2 Å². The molecule has 1 N–H and O–H groups in total. The van der Waals surface area contributed by atoms with Crippen LogP contribution in [0.3, 0.4) is 0 Å². The molecule has 2 bridgehead atoms. The van der Waals surface area contributed by atoms with Crippen LogP contribution >= 0.6 is 0 Å². The van der Waals surface area contributed by atoms with Crippen LogP contribution in [0.2, 0.25) is 0 Å². The molecule has 0 spiro atoms. The number of carbonyl (C=O) groups excluding carboxylic acids is 1. The van der Waals surface area contributed by atoms with Crippen molar-refractivity contribution in [3.63, 3.8) is 0 Å². The minimum Gasteiger partial charge on any atom is -0.385 e. The highest BCUT2D eigenvalue weighted by atomic mass is 32.2. The maximum absolute atomic E-state index is 14.5. The third kappa shape index (κ3) is 2.32. The van der Waals surface area contributed by atoms with E-state index in [1.54, 1.807) is 66.7 Å². The van der Waals surface area contributed by atoms with Crippen molar-refractivity contribution in [3.05, 3.63) is 73.3 Å². The summed E-state index contributed by atoms with van der Waals surface area (Å²) in [7, 11) is -7.49. The predicted octanol–water partition coefficient (Wildman–Crippen LogP) is 3.18. The van der Waals surface area contributed by atoms with E-state index in [9.17, 15) is 26.7 Å². The zero-order chi connectivity index (χ0) is 26.4. The first-order chi connectivity index (χ1) is 18.1. The molecule has 0 radical (unpaired) electrons. The smallest absolute Gasteiger partial charge is 0.185 e. The SMILES string of the molecule is C=C[C@]1(O)[C@@H]2[C@H](CCS(=O)(=O)c3ccccc3)[C@@H]3C(=O)[C@@H]4[C@@H]5[C@H]6C[C@@]4(S(=O)(=O)c4ccccc4)[C@@H]1[C@@H]6[C@H]2[C@@H]35. The van der Waals surface area contributed by atoms with Gasteiger partial charge in [-0.25, -0.2) is 16.8 Å². The quantitative estimate of drug-likeness (QED) is 0.531. The number of hydrogen-bond donors (Lipinski definition) is 1. The highest BCUT2D eigenvalue weighted by Gasteiger charge is 2.92. The van der Waals surface area contributed by atoms with Crippen molar-refractivity contribution in [2.75, 3.05) is 5.75 Å². The molecule has 6 saturated carbocycles. The summed E-state index contributed by atoms with van der Waals surface area (Å²) >= 11 is 0. The Bertz CT molecular complexity index is 1600. The molecule has 12 atom stereocenters. The molecule has 0 aliphatic heterocycles. The Morgan fingerprint density at radius 2 is 1.53 bits per heavy atom. The average Bonchev–Trinajstić information content (AvgIpc) is 3.70. The van der Waals surface area contributed by atoms with Crippen LogP contribution in [0.1, 0.15) is 12.8 Å². The summed E-state index contributed by atoms with van der Waals surface area (Å²) in [5.41, 5.74) is -1.45. The van der Waals surface area contributed by atoms with Crippen LogP contribution in [0.15, 0.2) is 83.1 Å². The fourth-order valence-corrected chi connectivity index (χ4v) is 15.3. The summed E-state index contributed by atoms with van der Waals surface area (Å²) in [6.45, 7) is 4.01. The van der Waals surface area contributed by atoms with E-state index in [1.807, 2.05) is 0 Å². The van der Waals surface area contributed by atoms with Gasteiger partial charge < -0.3 is 5.11 Å². The largest absolute Gasteiger partial charge is 0.385 e. The van der Waals surface area contributed by atoms with Gasteiger partial charge in [-0.15, -0.1) is 6.58 Å². The first kappa shape index (κ1) is 23.6. The topological polar surface area (TPSA) is 106 Å². The van der Waals surface area contributed by atoms with Gasteiger partial charge in [-0.05, 0) is 78.5 Å². The van der Waals surface area contributed by atoms with E-state index in [0.717, 1.165) is 0 Å². The summed E-state index contributed by atoms with van der Waals surface area (Å²) in [6, 6.07) is 16.7. The van der Waals surface area contributed by atoms with Gasteiger partial charge in [0.25, 0.3) is 0 Å². The van der Waals surface area contributed by atoms with Gasteiger partial charge in [0.15, 0.2) is 19.7 Å². The fraction of sp³-hybridized carbons (Fsp3) is 0.500. The van der Waals surface area contributed by atoms with E-state index in [-0.39, 0.29) is 69.2 Å². The Labute approximate surface area is 223 Å². The van der Waals surface area contributed by atoms with Crippen LogP contribution in [-0.2, 0) is 24.5 Å². The molecule has 0 saturated heterocycles. The van der Waals surface area contributed by atoms with Gasteiger partial charge in [-0.1, -0.05) is 42.5 Å². The molecule has 198 valence electrons. The van der Waals surface area contributed by atoms with Crippen molar-refractivity contribution in [1.29, 1.82) is 0 Å². The van der Waals surface area contributed by atoms with Crippen LogP contribution in [-0.4, -0.2) is 43.8 Å². The average molecular weight is 551 g/mol. The Morgan fingerprint density at radius 3 is 2.16 bits per heavy atom. The van der Waals surface area contributed by atoms with E-state index in [0.29, 0.717) is 6.42 Å². The van der Waals surface area contributed by atoms with Gasteiger partial charge in [-0.2, -0.15) is 0 Å². The Balaban J connectivity index is 1.26. The number of aliphatic hydroxyl groups is 1. The monoisotopic (exact) mass is 550 g/mol. The summed E-state index contributed by atoms with van der Waals surface area (Å²) in [4.78, 5) is 14.8. The van der Waals surface area contributed by atoms with Gasteiger partial charge in [0.05, 0.1) is 25.9 Å². The van der Waals surface area contributed by atoms with Gasteiger partial charge in [0, 0.05) is 17.8 Å². The molecule has 38 heavy (non-hydrogen) atoms. The standard InChI is InChI=1S/C30H30O6S2/c1-2-29(32)25-18(13-14-37(33,34)16-9-5-3-6-10-16)21-23-20-19-15-30(26(20)27(21)31,28(29)22(19)24(23)25)38(35,36)17-11-7-4-8-12-17/h2-12,18-26,28,32H,1,13-15H2/t18-,19-,20-,21+,22+,23-,24+,25-,26+,28-,29+,30+/m1/s1. The zero-order valence-electron chi connectivity index (χ0n) is 20.8. The first-order valence-electron chi connectivity index (χ1n) is 13.6. The van der Waals surface area contributed by atoms with Gasteiger partial charge in [-0.3, -0.25) is 4.79 Å². The normalized spacial score (nSPS) is 46.9. The van der Waals surface area contributed by atoms with Crippen LogP contribution in [0.25, 0.3) is 0 Å². The molecule has 6 fully saturated rings. The number of fused-ring (bicyclic) bond motifs is 3. The number of carbonyl (C=O) groups is 1. The van der Waals surface area contributed by atoms with Crippen LogP contribution in [0.5, 0.6) is 0 Å². The lowest BCUT2D eigenvalue weighted by molar-refractivity contribution is -0.132. The second-order valence-corrected chi connectivity index (χ2v) is 16.9. The predicted molar refractivity (Wildman–Crippen MR) is 139 cm³/mol. The summed E-state index contributed by atoms with van der Waals surface area (Å²) < 4.78 is 54.0. The number of rotatable bonds is 7. The molecule has 8 rings (SSSR count). The van der Waals surface area contributed by atoms with E-state index in [1.165, 1.54) is 0 Å². The lowest BCUT2D eigenvalue weighted by Crippen LogP contribution is -2.61. The molecule has 2 aromatic rings. The summed E-state index contributed by atoms with van der Waals surface area (Å²) in [5.74, 6) is -2.14. The molecular formula is C30H30O6S2. The molecule has 0 heterocycles. The Morgan fingerprint density at radius 1 is 0.895 bits per heavy atom. The highest BCUT2D eigenvalue weighted by molar-refractivity contribution is 7.93. The van der Waals surface area contributed by atoms with E-state index >= 15 is 0 Å². The van der Waals surface area contributed by atoms with Crippen LogP contribution in [0, 0.1) is 59.2 Å². The first-order valence-corrected chi connectivity index (χ1v) is 16.7. The Kier molecular flexibility index (Phi) is 4.39. The molecular weight excluding hydrogens is 520 g/mol. The maximum Gasteiger partial charge on any atom is 0.185 e. The molecule has 0 unspecified atom stereocenters. The molecule has 0 amide bonds. The second-order valence-electron chi connectivity index (χ2n) is 12.5. The lowest BCUT2D eigenvalue weighted by Gasteiger charge is -2.49. The van der Waals surface area contributed by atoms with Gasteiger partial charge >= 0.3 is 0 Å². The van der Waals surface area contributed by atoms with Gasteiger partial charge in [0.2, 0.25) is 0 Å². The fourth-order valence-electron chi connectivity index (χ4n) is 11.3. The number of benzene rings is 2. The maximum atomic E-state index is 14.5. The van der Waals surface area contributed by atoms with Gasteiger partial charge in [0.1, 0.15) is 5.78 Å². The zero-order valence-corrected chi connectivity index (χ0v) is 22.4. The molecule has 6 aliphatic rings. The molecule has 6 nitrogen and oxygen atoms in total. The van der Waals surface area contributed by atoms with E-state index in [2.05, 4.69) is 6.58 Å². The van der Waals surface area contributed by atoms with Crippen molar-refractivity contribution < 1.29 is 26.7 Å². The number of ketones is 1. The minimum absolute atomic E-state index is 0.00544. The summed E-state index contributed by atoms with van der Waals surface area (Å²) in [6.07, 6.45) is 2.25. The van der Waals surface area contributed by atoms with Crippen LogP contribution in [0.4, 0.5) is 0 Å². The van der Waals surface area contributed by atoms with Crippen molar-refractivity contribution in [2.45, 2.75) is 33.0 Å². The third-order valence-corrected chi connectivity index (χ3v) is 16.2. The van der Waals surface area contributed by atoms with Crippen LogP contribution < -0.4 is 0 Å². The highest BCUT2D eigenvalue weighted by Crippen LogP contribution is 2.87. The molecule has 0 aromatic heterocycles. The van der Waals surface area contributed by atoms with Crippen molar-refractivity contribution in [1.82, 2.24) is 0 Å². The summed E-state index contributed by atoms with van der Waals surface area (Å²) in [5, 5.41) is 12.4. The van der Waals surface area contributed by atoms with Crippen molar-refractivity contribution in [3.8, 4) is 0 Å². The third-order valence-electron chi connectivity index (χ3n) is 11.8. The van der Waals surface area contributed by atoms with E-state index < -0.39 is 47.8 Å². The second kappa shape index (κ2) is 7.07. The van der Waals surface area contributed by atoms with E-state index in [4.69, 9.17) is 0 Å². The number of hydrogen-bond acceptors (Lipinski definition) is 6. The lowest BCUT2D eigenvalue weighted by atomic mass is 9.63. The Hall–Kier alpha value is -2.29. The molecule has 8 heteroatoms.